The van der Waals surface area contributed by atoms with Crippen molar-refractivity contribution in [3.05, 3.63) is 141 Å². The van der Waals surface area contributed by atoms with E-state index < -0.39 is 65.8 Å². The molecule has 2 saturated heterocycles. The first-order valence-corrected chi connectivity index (χ1v) is 24.9. The van der Waals surface area contributed by atoms with E-state index in [1.165, 1.54) is 57.5 Å². The van der Waals surface area contributed by atoms with Crippen molar-refractivity contribution in [2.75, 3.05) is 37.7 Å². The molecule has 0 spiro atoms. The van der Waals surface area contributed by atoms with Gasteiger partial charge in [-0.3, -0.25) is 19.2 Å². The Labute approximate surface area is 420 Å². The molecular weight excluding hydrogens is 947 g/mol. The van der Waals surface area contributed by atoms with Gasteiger partial charge in [-0.25, -0.2) is 8.78 Å². The molecule has 8 rings (SSSR count). The van der Waals surface area contributed by atoms with Gasteiger partial charge in [-0.15, -0.1) is 11.3 Å². The summed E-state index contributed by atoms with van der Waals surface area (Å²) in [5.41, 5.74) is 5.89. The molecule has 1 aromatic heterocycles. The van der Waals surface area contributed by atoms with Crippen molar-refractivity contribution in [2.45, 2.75) is 89.1 Å². The molecule has 18 heteroatoms. The third kappa shape index (κ3) is 11.6. The van der Waals surface area contributed by atoms with E-state index in [9.17, 15) is 53.6 Å². The number of amides is 4. The fourth-order valence-electron chi connectivity index (χ4n) is 9.77. The number of nitriles is 1. The van der Waals surface area contributed by atoms with E-state index in [1.54, 1.807) is 36.4 Å². The van der Waals surface area contributed by atoms with Crippen LogP contribution in [0.4, 0.5) is 14.5 Å². The lowest BCUT2D eigenvalue weighted by Crippen LogP contribution is -2.50. The second kappa shape index (κ2) is 22.8. The highest BCUT2D eigenvalue weighted by molar-refractivity contribution is 7.11. The Morgan fingerprint density at radius 1 is 0.819 bits per heavy atom. The van der Waals surface area contributed by atoms with E-state index in [1.807, 2.05) is 37.4 Å². The number of aliphatic hydroxyl groups is 4. The zero-order valence-corrected chi connectivity index (χ0v) is 40.7. The minimum atomic E-state index is -2.15. The van der Waals surface area contributed by atoms with E-state index in [2.05, 4.69) is 21.6 Å². The molecule has 15 nitrogen and oxygen atoms in total. The van der Waals surface area contributed by atoms with E-state index in [4.69, 9.17) is 4.74 Å². The summed E-state index contributed by atoms with van der Waals surface area (Å²) in [6.07, 6.45) is -6.71. The molecule has 5 aromatic rings. The molecule has 4 aromatic carbocycles. The number of thiophene rings is 1. The Hall–Kier alpha value is -6.75. The Morgan fingerprint density at radius 3 is 2.19 bits per heavy atom. The first-order chi connectivity index (χ1) is 34.6. The number of halogens is 2. The molecule has 3 aliphatic rings. The fourth-order valence-corrected chi connectivity index (χ4v) is 10.5. The highest BCUT2D eigenvalue weighted by Crippen LogP contribution is 2.44. The highest BCUT2D eigenvalue weighted by atomic mass is 32.1. The van der Waals surface area contributed by atoms with Gasteiger partial charge < -0.3 is 50.5 Å². The van der Waals surface area contributed by atoms with Gasteiger partial charge >= 0.3 is 0 Å². The Kier molecular flexibility index (Phi) is 16.3. The molecule has 6 N–H and O–H groups in total. The van der Waals surface area contributed by atoms with Gasteiger partial charge in [-0.05, 0) is 100 Å². The van der Waals surface area contributed by atoms with Crippen LogP contribution < -0.4 is 20.3 Å². The minimum absolute atomic E-state index is 0.0182. The van der Waals surface area contributed by atoms with Crippen LogP contribution in [0, 0.1) is 34.8 Å². The van der Waals surface area contributed by atoms with Crippen LogP contribution in [0.2, 0.25) is 0 Å². The van der Waals surface area contributed by atoms with Crippen LogP contribution in [0.1, 0.15) is 77.8 Å². The molecule has 0 radical (unpaired) electrons. The number of benzene rings is 4. The van der Waals surface area contributed by atoms with Gasteiger partial charge in [0.05, 0.1) is 18.3 Å². The lowest BCUT2D eigenvalue weighted by Gasteiger charge is -2.34. The average Bonchev–Trinajstić information content (AvgIpc) is 4.18. The van der Waals surface area contributed by atoms with Crippen molar-refractivity contribution < 1.29 is 53.1 Å². The number of carbonyl (C=O) groups excluding carboxylic acids is 4. The number of ether oxygens (including phenoxy) is 1. The maximum atomic E-state index is 14.1. The first kappa shape index (κ1) is 51.6. The molecule has 0 aliphatic carbocycles. The maximum Gasteiger partial charge on any atom is 0.255 e. The number of fused-ring (bicyclic) bond motifs is 1. The lowest BCUT2D eigenvalue weighted by atomic mass is 9.89. The largest absolute Gasteiger partial charge is 0.491 e. The Morgan fingerprint density at radius 2 is 1.50 bits per heavy atom. The molecule has 72 heavy (non-hydrogen) atoms. The van der Waals surface area contributed by atoms with Crippen LogP contribution in [0.3, 0.4) is 0 Å². The van der Waals surface area contributed by atoms with E-state index in [0.29, 0.717) is 60.7 Å². The normalized spacial score (nSPS) is 18.5. The molecular formula is C54H58F2N6O9S. The van der Waals surface area contributed by atoms with Crippen molar-refractivity contribution in [2.24, 2.45) is 11.8 Å². The second-order valence-corrected chi connectivity index (χ2v) is 20.0. The first-order valence-electron chi connectivity index (χ1n) is 24.1. The fraction of sp³-hybridized carbons (Fsp3) is 0.389. The molecule has 378 valence electrons. The van der Waals surface area contributed by atoms with Gasteiger partial charge in [0.1, 0.15) is 28.3 Å². The van der Waals surface area contributed by atoms with Crippen molar-refractivity contribution in [3.8, 4) is 22.9 Å². The predicted octanol–water partition coefficient (Wildman–Crippen LogP) is 5.29. The molecule has 4 heterocycles. The number of rotatable bonds is 17. The van der Waals surface area contributed by atoms with Gasteiger partial charge in [0.15, 0.2) is 24.4 Å². The SMILES string of the molecule is CC(C)COc1cc(F)ccc1N1CCC(CNC(=O)[C@H](O)[C@@H](O)C(=O)N2Cc3cccc(C4C[C@H](c5ccc(F)cc5)N(C(=O)[C@@H](O)C(O)C(=O)NCc5ccc(-c6ccsc6C#N)cc5)C4)c3C2)CC1. The van der Waals surface area contributed by atoms with Crippen LogP contribution in [0.25, 0.3) is 11.1 Å². The van der Waals surface area contributed by atoms with E-state index in [-0.39, 0.29) is 50.4 Å². The smallest absolute Gasteiger partial charge is 0.255 e. The summed E-state index contributed by atoms with van der Waals surface area (Å²) in [4.78, 5) is 59.5. The molecule has 0 bridgehead atoms. The summed E-state index contributed by atoms with van der Waals surface area (Å²) >= 11 is 1.33. The van der Waals surface area contributed by atoms with Gasteiger partial charge in [-0.1, -0.05) is 68.4 Å². The molecule has 2 unspecified atom stereocenters. The van der Waals surface area contributed by atoms with Gasteiger partial charge in [0.2, 0.25) is 0 Å². The standard InChI is InChI=1S/C54H58F2N6O9S/c1-31(2)30-71-45-23-39(56)14-15-43(45)60-19-16-33(17-20-60)26-59-51(67)47(63)49(65)53(69)61-27-36-4-3-5-40(42(36)29-61)37-22-44(35-10-12-38(55)13-11-35)62(28-37)54(70)50(66)48(64)52(68)58-25-32-6-8-34(9-7-32)41-18-21-72-46(41)24-57/h3-15,18,21,23,31,33,37,44,47-50,63-66H,16-17,19-20,22,25-30H2,1-2H3,(H,58,68)(H,59,67)/t37?,44-,47-,48?,49-,50+/m1/s1. The quantitative estimate of drug-likeness (QED) is 0.0704. The number of nitrogens with one attached hydrogen (secondary N) is 2. The summed E-state index contributed by atoms with van der Waals surface area (Å²) in [6, 6.07) is 25.9. The van der Waals surface area contributed by atoms with Crippen LogP contribution in [-0.4, -0.2) is 111 Å². The number of nitrogens with zero attached hydrogens (tertiary/aromatic N) is 4. The number of anilines is 1. The third-order valence-corrected chi connectivity index (χ3v) is 14.6. The number of carbonyl (C=O) groups is 4. The topological polar surface area (TPSA) is 216 Å². The van der Waals surface area contributed by atoms with Crippen molar-refractivity contribution >= 4 is 40.7 Å². The monoisotopic (exact) mass is 1000 g/mol. The zero-order valence-electron chi connectivity index (χ0n) is 39.9. The number of hydrogen-bond donors (Lipinski definition) is 6. The van der Waals surface area contributed by atoms with Crippen LogP contribution in [0.15, 0.2) is 96.4 Å². The number of aliphatic hydroxyl groups excluding tert-OH is 4. The van der Waals surface area contributed by atoms with Crippen molar-refractivity contribution in [1.82, 2.24) is 20.4 Å². The Bertz CT molecular complexity index is 2800. The summed E-state index contributed by atoms with van der Waals surface area (Å²) in [7, 11) is 0. The number of piperidine rings is 1. The second-order valence-electron chi connectivity index (χ2n) is 19.1. The van der Waals surface area contributed by atoms with Gasteiger partial charge in [-0.2, -0.15) is 5.26 Å². The third-order valence-electron chi connectivity index (χ3n) is 13.8. The number of likely N-dealkylation sites (tertiary alicyclic amines) is 1. The summed E-state index contributed by atoms with van der Waals surface area (Å²) < 4.78 is 34.1. The van der Waals surface area contributed by atoms with Crippen LogP contribution in [0.5, 0.6) is 5.75 Å². The van der Waals surface area contributed by atoms with E-state index >= 15 is 0 Å². The van der Waals surface area contributed by atoms with Crippen molar-refractivity contribution in [3.63, 3.8) is 0 Å². The van der Waals surface area contributed by atoms with Crippen molar-refractivity contribution in [1.29, 1.82) is 5.26 Å². The molecule has 0 saturated carbocycles. The van der Waals surface area contributed by atoms with Gasteiger partial charge in [0.25, 0.3) is 23.6 Å². The summed E-state index contributed by atoms with van der Waals surface area (Å²) in [6.45, 7) is 6.04. The number of hydrogen-bond acceptors (Lipinski definition) is 12. The summed E-state index contributed by atoms with van der Waals surface area (Å²) in [5.74, 6) is -4.12. The molecule has 4 amide bonds. The van der Waals surface area contributed by atoms with Gasteiger partial charge in [0, 0.05) is 63.4 Å². The Balaban J connectivity index is 0.865. The average molecular weight is 1010 g/mol. The molecule has 6 atom stereocenters. The molecule has 3 aliphatic heterocycles. The van der Waals surface area contributed by atoms with Crippen LogP contribution in [-0.2, 0) is 38.8 Å². The van der Waals surface area contributed by atoms with E-state index in [0.717, 1.165) is 33.5 Å². The predicted molar refractivity (Wildman–Crippen MR) is 264 cm³/mol. The highest BCUT2D eigenvalue weighted by Gasteiger charge is 2.44. The minimum Gasteiger partial charge on any atom is -0.491 e. The zero-order chi connectivity index (χ0) is 51.2. The van der Waals surface area contributed by atoms with Crippen LogP contribution >= 0.6 is 11.3 Å². The summed E-state index contributed by atoms with van der Waals surface area (Å²) in [5, 5.41) is 60.7. The molecule has 2 fully saturated rings. The maximum absolute atomic E-state index is 14.1. The lowest BCUT2D eigenvalue weighted by molar-refractivity contribution is -0.153.